The highest BCUT2D eigenvalue weighted by Crippen LogP contribution is 2.06. The normalized spacial score (nSPS) is 10.1. The smallest absolute Gasteiger partial charge is 0.175 e. The Morgan fingerprint density at radius 2 is 2.21 bits per heavy atom. The van der Waals surface area contributed by atoms with Crippen molar-refractivity contribution in [3.05, 3.63) is 35.2 Å². The maximum Gasteiger partial charge on any atom is 0.175 e. The van der Waals surface area contributed by atoms with Gasteiger partial charge in [-0.2, -0.15) is 5.10 Å². The molecule has 0 unspecified atom stereocenters. The van der Waals surface area contributed by atoms with Crippen molar-refractivity contribution < 1.29 is 4.79 Å². The number of hydrogen-bond donors (Lipinski definition) is 0. The van der Waals surface area contributed by atoms with E-state index in [9.17, 15) is 4.79 Å². The molecule has 0 saturated carbocycles. The van der Waals surface area contributed by atoms with E-state index >= 15 is 0 Å². The zero-order valence-electron chi connectivity index (χ0n) is 6.96. The van der Waals surface area contributed by atoms with E-state index in [2.05, 4.69) is 15.3 Å². The fourth-order valence-electron chi connectivity index (χ4n) is 0.954. The van der Waals surface area contributed by atoms with E-state index in [1.165, 1.54) is 10.9 Å². The Kier molecular flexibility index (Phi) is 2.24. The minimum atomic E-state index is 0.316. The lowest BCUT2D eigenvalue weighted by Gasteiger charge is -1.96. The minimum Gasteiger partial charge on any atom is -0.298 e. The van der Waals surface area contributed by atoms with Gasteiger partial charge in [-0.1, -0.05) is 11.6 Å². The van der Waals surface area contributed by atoms with E-state index in [1.807, 2.05) is 0 Å². The predicted molar refractivity (Wildman–Crippen MR) is 49.6 cm³/mol. The van der Waals surface area contributed by atoms with Gasteiger partial charge in [0.15, 0.2) is 17.3 Å². The van der Waals surface area contributed by atoms with Crippen molar-refractivity contribution in [1.82, 2.24) is 20.0 Å². The molecular formula is C8H5ClN4O. The van der Waals surface area contributed by atoms with E-state index < -0.39 is 0 Å². The summed E-state index contributed by atoms with van der Waals surface area (Å²) >= 11 is 5.57. The van der Waals surface area contributed by atoms with Crippen LogP contribution < -0.4 is 0 Å². The van der Waals surface area contributed by atoms with Crippen molar-refractivity contribution in [2.24, 2.45) is 0 Å². The first-order chi connectivity index (χ1) is 6.79. The Morgan fingerprint density at radius 1 is 1.36 bits per heavy atom. The number of hydrogen-bond acceptors (Lipinski definition) is 4. The second-order valence-electron chi connectivity index (χ2n) is 2.55. The highest BCUT2D eigenvalue weighted by Gasteiger charge is 2.01. The fraction of sp³-hybridized carbons (Fsp3) is 0. The van der Waals surface area contributed by atoms with Gasteiger partial charge in [-0.15, -0.1) is 10.2 Å². The highest BCUT2D eigenvalue weighted by molar-refractivity contribution is 6.29. The van der Waals surface area contributed by atoms with Crippen LogP contribution in [0.2, 0.25) is 5.15 Å². The number of aldehydes is 1. The van der Waals surface area contributed by atoms with Crippen molar-refractivity contribution in [3.8, 4) is 5.82 Å². The molecule has 70 valence electrons. The zero-order valence-corrected chi connectivity index (χ0v) is 7.72. The SMILES string of the molecule is O=Cc1cnn(-c2ccc(Cl)nn2)c1. The van der Waals surface area contributed by atoms with Crippen molar-refractivity contribution >= 4 is 17.9 Å². The average molecular weight is 209 g/mol. The molecule has 0 radical (unpaired) electrons. The molecule has 0 aromatic carbocycles. The van der Waals surface area contributed by atoms with Crippen molar-refractivity contribution in [2.75, 3.05) is 0 Å². The Balaban J connectivity index is 2.39. The van der Waals surface area contributed by atoms with Crippen molar-refractivity contribution in [1.29, 1.82) is 0 Å². The van der Waals surface area contributed by atoms with Gasteiger partial charge in [0.05, 0.1) is 11.8 Å². The van der Waals surface area contributed by atoms with Crippen LogP contribution in [0, 0.1) is 0 Å². The second-order valence-corrected chi connectivity index (χ2v) is 2.94. The quantitative estimate of drug-likeness (QED) is 0.694. The predicted octanol–water partition coefficient (Wildman–Crippen LogP) is 1.13. The van der Waals surface area contributed by atoms with Gasteiger partial charge in [0.2, 0.25) is 0 Å². The van der Waals surface area contributed by atoms with Gasteiger partial charge in [0.1, 0.15) is 0 Å². The molecule has 0 saturated heterocycles. The largest absolute Gasteiger partial charge is 0.298 e. The molecule has 0 N–H and O–H groups in total. The fourth-order valence-corrected chi connectivity index (χ4v) is 1.05. The minimum absolute atomic E-state index is 0.316. The average Bonchev–Trinajstić information content (AvgIpc) is 2.67. The molecule has 0 amide bonds. The molecule has 2 aromatic rings. The Morgan fingerprint density at radius 3 is 2.79 bits per heavy atom. The van der Waals surface area contributed by atoms with E-state index in [4.69, 9.17) is 11.6 Å². The van der Waals surface area contributed by atoms with E-state index in [1.54, 1.807) is 18.3 Å². The number of halogens is 1. The van der Waals surface area contributed by atoms with Crippen LogP contribution in [0.15, 0.2) is 24.5 Å². The standard InChI is InChI=1S/C8H5ClN4O/c9-7-1-2-8(12-11-7)13-4-6(5-14)3-10-13/h1-5H. The Labute approximate surface area is 84.3 Å². The highest BCUT2D eigenvalue weighted by atomic mass is 35.5. The van der Waals surface area contributed by atoms with Crippen LogP contribution in [0.1, 0.15) is 10.4 Å². The first-order valence-corrected chi connectivity index (χ1v) is 4.17. The van der Waals surface area contributed by atoms with Crippen LogP contribution >= 0.6 is 11.6 Å². The number of carbonyl (C=O) groups is 1. The monoisotopic (exact) mass is 208 g/mol. The molecule has 0 aliphatic rings. The van der Waals surface area contributed by atoms with Gasteiger partial charge in [0.25, 0.3) is 0 Å². The summed E-state index contributed by atoms with van der Waals surface area (Å²) in [6.07, 6.45) is 3.72. The Bertz CT molecular complexity index is 451. The van der Waals surface area contributed by atoms with E-state index in [0.29, 0.717) is 22.8 Å². The molecule has 0 spiro atoms. The lowest BCUT2D eigenvalue weighted by Crippen LogP contribution is -1.98. The topological polar surface area (TPSA) is 60.7 Å². The molecule has 2 heterocycles. The summed E-state index contributed by atoms with van der Waals surface area (Å²) in [6, 6.07) is 3.27. The summed E-state index contributed by atoms with van der Waals surface area (Å²) in [5, 5.41) is 11.7. The number of rotatable bonds is 2. The van der Waals surface area contributed by atoms with Crippen LogP contribution in [-0.2, 0) is 0 Å². The number of carbonyl (C=O) groups excluding carboxylic acids is 1. The number of aromatic nitrogens is 4. The third-order valence-corrected chi connectivity index (χ3v) is 1.79. The van der Waals surface area contributed by atoms with Crippen LogP contribution in [0.4, 0.5) is 0 Å². The first kappa shape index (κ1) is 8.83. The molecule has 14 heavy (non-hydrogen) atoms. The summed E-state index contributed by atoms with van der Waals surface area (Å²) in [7, 11) is 0. The van der Waals surface area contributed by atoms with Gasteiger partial charge in [0, 0.05) is 6.20 Å². The second kappa shape index (κ2) is 3.55. The molecule has 0 fully saturated rings. The van der Waals surface area contributed by atoms with E-state index in [-0.39, 0.29) is 0 Å². The lowest BCUT2D eigenvalue weighted by molar-refractivity contribution is 0.112. The summed E-state index contributed by atoms with van der Waals surface area (Å²) in [4.78, 5) is 10.4. The summed E-state index contributed by atoms with van der Waals surface area (Å²) in [6.45, 7) is 0. The molecule has 2 aromatic heterocycles. The molecule has 5 nitrogen and oxygen atoms in total. The maximum atomic E-state index is 10.4. The number of nitrogens with zero attached hydrogens (tertiary/aromatic N) is 4. The third kappa shape index (κ3) is 1.62. The van der Waals surface area contributed by atoms with Crippen LogP contribution in [0.3, 0.4) is 0 Å². The molecule has 2 rings (SSSR count). The first-order valence-electron chi connectivity index (χ1n) is 3.79. The summed E-state index contributed by atoms with van der Waals surface area (Å²) in [5.74, 6) is 0.516. The van der Waals surface area contributed by atoms with Crippen LogP contribution in [0.5, 0.6) is 0 Å². The summed E-state index contributed by atoms with van der Waals surface area (Å²) < 4.78 is 1.45. The van der Waals surface area contributed by atoms with Crippen molar-refractivity contribution in [3.63, 3.8) is 0 Å². The molecular weight excluding hydrogens is 204 g/mol. The van der Waals surface area contributed by atoms with Gasteiger partial charge in [-0.05, 0) is 12.1 Å². The molecule has 6 heteroatoms. The maximum absolute atomic E-state index is 10.4. The van der Waals surface area contributed by atoms with Gasteiger partial charge in [-0.25, -0.2) is 4.68 Å². The molecule has 0 aliphatic carbocycles. The van der Waals surface area contributed by atoms with Crippen LogP contribution in [0.25, 0.3) is 5.82 Å². The summed E-state index contributed by atoms with van der Waals surface area (Å²) in [5.41, 5.74) is 0.488. The van der Waals surface area contributed by atoms with Gasteiger partial charge < -0.3 is 0 Å². The van der Waals surface area contributed by atoms with E-state index in [0.717, 1.165) is 0 Å². The van der Waals surface area contributed by atoms with Crippen molar-refractivity contribution in [2.45, 2.75) is 0 Å². The van der Waals surface area contributed by atoms with Gasteiger partial charge >= 0.3 is 0 Å². The zero-order chi connectivity index (χ0) is 9.97. The lowest BCUT2D eigenvalue weighted by atomic mass is 10.4. The molecule has 0 aliphatic heterocycles. The Hall–Kier alpha value is -1.75. The third-order valence-electron chi connectivity index (χ3n) is 1.59. The van der Waals surface area contributed by atoms with Gasteiger partial charge in [-0.3, -0.25) is 4.79 Å². The van der Waals surface area contributed by atoms with Crippen LogP contribution in [-0.4, -0.2) is 26.3 Å². The molecule has 0 bridgehead atoms. The molecule has 0 atom stereocenters.